The van der Waals surface area contributed by atoms with E-state index in [-0.39, 0.29) is 5.91 Å². The SMILES string of the molecule is C=C(N)c1cccc(CC(C(=O)OC)C(C)NC(=O)c2ccc(-n3cccc3)nc2)c1. The van der Waals surface area contributed by atoms with Crippen LogP contribution in [-0.2, 0) is 16.0 Å². The van der Waals surface area contributed by atoms with Crippen LogP contribution >= 0.6 is 0 Å². The van der Waals surface area contributed by atoms with Crippen LogP contribution in [0.25, 0.3) is 11.5 Å². The Hall–Kier alpha value is -3.87. The zero-order valence-electron chi connectivity index (χ0n) is 17.6. The Bertz CT molecular complexity index is 1060. The van der Waals surface area contributed by atoms with E-state index < -0.39 is 17.9 Å². The number of nitrogens with two attached hydrogens (primary N) is 1. The number of hydrogen-bond acceptors (Lipinski definition) is 5. The van der Waals surface area contributed by atoms with Gasteiger partial charge in [-0.2, -0.15) is 0 Å². The van der Waals surface area contributed by atoms with Crippen LogP contribution < -0.4 is 11.1 Å². The van der Waals surface area contributed by atoms with Crippen LogP contribution in [0.4, 0.5) is 0 Å². The fraction of sp³-hybridized carbons (Fsp3) is 0.208. The van der Waals surface area contributed by atoms with E-state index in [9.17, 15) is 9.59 Å². The number of ether oxygens (including phenoxy) is 1. The molecule has 1 aromatic carbocycles. The Morgan fingerprint density at radius 3 is 2.52 bits per heavy atom. The van der Waals surface area contributed by atoms with Gasteiger partial charge in [-0.25, -0.2) is 4.98 Å². The van der Waals surface area contributed by atoms with E-state index in [1.54, 1.807) is 19.1 Å². The maximum Gasteiger partial charge on any atom is 0.311 e. The van der Waals surface area contributed by atoms with E-state index >= 15 is 0 Å². The molecule has 160 valence electrons. The Morgan fingerprint density at radius 1 is 1.16 bits per heavy atom. The molecule has 0 saturated heterocycles. The molecular formula is C24H26N4O3. The van der Waals surface area contributed by atoms with Gasteiger partial charge in [0.15, 0.2) is 0 Å². The minimum absolute atomic E-state index is 0.308. The number of nitrogens with zero attached hydrogens (tertiary/aromatic N) is 2. The van der Waals surface area contributed by atoms with Crippen molar-refractivity contribution in [3.05, 3.63) is 90.4 Å². The second-order valence-corrected chi connectivity index (χ2v) is 7.32. The van der Waals surface area contributed by atoms with Gasteiger partial charge >= 0.3 is 5.97 Å². The number of esters is 1. The van der Waals surface area contributed by atoms with Crippen molar-refractivity contribution in [2.45, 2.75) is 19.4 Å². The van der Waals surface area contributed by atoms with Crippen molar-refractivity contribution in [1.29, 1.82) is 0 Å². The topological polar surface area (TPSA) is 99.2 Å². The molecule has 7 heteroatoms. The molecule has 2 unspecified atom stereocenters. The number of aromatic nitrogens is 2. The van der Waals surface area contributed by atoms with E-state index in [1.807, 2.05) is 53.4 Å². The van der Waals surface area contributed by atoms with Crippen LogP contribution in [0.5, 0.6) is 0 Å². The zero-order chi connectivity index (χ0) is 22.4. The summed E-state index contributed by atoms with van der Waals surface area (Å²) in [6.45, 7) is 5.53. The number of pyridine rings is 1. The lowest BCUT2D eigenvalue weighted by molar-refractivity contribution is -0.146. The minimum atomic E-state index is -0.567. The molecule has 3 rings (SSSR count). The number of rotatable bonds is 8. The molecule has 0 saturated carbocycles. The van der Waals surface area contributed by atoms with E-state index in [0.717, 1.165) is 11.1 Å². The van der Waals surface area contributed by atoms with Gasteiger partial charge in [-0.15, -0.1) is 0 Å². The first kappa shape index (κ1) is 21.8. The molecule has 2 heterocycles. The number of amides is 1. The van der Waals surface area contributed by atoms with Gasteiger partial charge in [0.2, 0.25) is 0 Å². The number of benzene rings is 1. The molecule has 3 aromatic rings. The van der Waals surface area contributed by atoms with E-state index in [0.29, 0.717) is 23.5 Å². The summed E-state index contributed by atoms with van der Waals surface area (Å²) in [7, 11) is 1.34. The van der Waals surface area contributed by atoms with Gasteiger partial charge in [-0.05, 0) is 54.8 Å². The molecule has 0 bridgehead atoms. The number of carbonyl (C=O) groups excluding carboxylic acids is 2. The average Bonchev–Trinajstić information content (AvgIpc) is 3.32. The van der Waals surface area contributed by atoms with Crippen LogP contribution in [0.15, 0.2) is 73.7 Å². The van der Waals surface area contributed by atoms with Gasteiger partial charge in [-0.3, -0.25) is 9.59 Å². The van der Waals surface area contributed by atoms with Gasteiger partial charge in [0.25, 0.3) is 5.91 Å². The first-order chi connectivity index (χ1) is 14.9. The van der Waals surface area contributed by atoms with E-state index in [4.69, 9.17) is 10.5 Å². The number of carbonyl (C=O) groups is 2. The molecule has 2 atom stereocenters. The maximum absolute atomic E-state index is 12.7. The highest BCUT2D eigenvalue weighted by Crippen LogP contribution is 2.18. The van der Waals surface area contributed by atoms with E-state index in [1.165, 1.54) is 13.3 Å². The first-order valence-corrected chi connectivity index (χ1v) is 9.91. The van der Waals surface area contributed by atoms with E-state index in [2.05, 4.69) is 16.9 Å². The number of hydrogen-bond donors (Lipinski definition) is 2. The summed E-state index contributed by atoms with van der Waals surface area (Å²) < 4.78 is 6.83. The number of methoxy groups -OCH3 is 1. The molecule has 2 aromatic heterocycles. The number of nitrogens with one attached hydrogen (secondary N) is 1. The van der Waals surface area contributed by atoms with Gasteiger partial charge in [0.1, 0.15) is 5.82 Å². The quantitative estimate of drug-likeness (QED) is 0.548. The summed E-state index contributed by atoms with van der Waals surface area (Å²) in [5.41, 5.74) is 8.34. The largest absolute Gasteiger partial charge is 0.469 e. The molecule has 0 spiro atoms. The van der Waals surface area contributed by atoms with Crippen molar-refractivity contribution >= 4 is 17.6 Å². The predicted octanol–water partition coefficient (Wildman–Crippen LogP) is 2.95. The molecule has 0 fully saturated rings. The summed E-state index contributed by atoms with van der Waals surface area (Å²) in [5, 5.41) is 2.89. The Balaban J connectivity index is 1.72. The lowest BCUT2D eigenvalue weighted by Gasteiger charge is -2.23. The van der Waals surface area contributed by atoms with Crippen molar-refractivity contribution in [1.82, 2.24) is 14.9 Å². The van der Waals surface area contributed by atoms with Crippen molar-refractivity contribution in [3.8, 4) is 5.82 Å². The van der Waals surface area contributed by atoms with Gasteiger partial charge < -0.3 is 20.4 Å². The molecule has 1 amide bonds. The van der Waals surface area contributed by atoms with Crippen molar-refractivity contribution in [2.24, 2.45) is 11.7 Å². The van der Waals surface area contributed by atoms with Crippen molar-refractivity contribution in [3.63, 3.8) is 0 Å². The molecule has 3 N–H and O–H groups in total. The predicted molar refractivity (Wildman–Crippen MR) is 119 cm³/mol. The summed E-state index contributed by atoms with van der Waals surface area (Å²) in [4.78, 5) is 29.5. The minimum Gasteiger partial charge on any atom is -0.469 e. The molecule has 31 heavy (non-hydrogen) atoms. The van der Waals surface area contributed by atoms with Crippen LogP contribution in [0.3, 0.4) is 0 Å². The maximum atomic E-state index is 12.7. The monoisotopic (exact) mass is 418 g/mol. The average molecular weight is 418 g/mol. The van der Waals surface area contributed by atoms with Crippen molar-refractivity contribution in [2.75, 3.05) is 7.11 Å². The normalized spacial score (nSPS) is 12.6. The fourth-order valence-electron chi connectivity index (χ4n) is 3.32. The Morgan fingerprint density at radius 2 is 1.90 bits per heavy atom. The highest BCUT2D eigenvalue weighted by molar-refractivity contribution is 5.94. The molecule has 0 radical (unpaired) electrons. The van der Waals surface area contributed by atoms with Crippen LogP contribution in [0.1, 0.15) is 28.4 Å². The Kier molecular flexibility index (Phi) is 6.87. The third kappa shape index (κ3) is 5.39. The molecule has 0 aliphatic heterocycles. The standard InChI is InChI=1S/C24H26N4O3/c1-16(25)19-8-6-7-18(13-19)14-21(24(30)31-3)17(2)27-23(29)20-9-10-22(26-15-20)28-11-4-5-12-28/h4-13,15,17,21H,1,14,25H2,2-3H3,(H,27,29). The summed E-state index contributed by atoms with van der Waals surface area (Å²) in [6.07, 6.45) is 5.65. The molecule has 7 nitrogen and oxygen atoms in total. The highest BCUT2D eigenvalue weighted by Gasteiger charge is 2.28. The lowest BCUT2D eigenvalue weighted by atomic mass is 9.92. The van der Waals surface area contributed by atoms with Crippen LogP contribution in [0.2, 0.25) is 0 Å². The Labute approximate surface area is 181 Å². The first-order valence-electron chi connectivity index (χ1n) is 9.91. The summed E-state index contributed by atoms with van der Waals surface area (Å²) >= 11 is 0. The van der Waals surface area contributed by atoms with Gasteiger partial charge in [0.05, 0.1) is 18.6 Å². The molecule has 0 aliphatic carbocycles. The summed E-state index contributed by atoms with van der Waals surface area (Å²) in [6, 6.07) is 14.3. The highest BCUT2D eigenvalue weighted by atomic mass is 16.5. The lowest BCUT2D eigenvalue weighted by Crippen LogP contribution is -2.42. The third-order valence-electron chi connectivity index (χ3n) is 5.10. The van der Waals surface area contributed by atoms with Gasteiger partial charge in [0, 0.05) is 30.3 Å². The summed E-state index contributed by atoms with van der Waals surface area (Å²) in [5.74, 6) is -0.561. The van der Waals surface area contributed by atoms with Crippen LogP contribution in [0, 0.1) is 5.92 Å². The van der Waals surface area contributed by atoms with Crippen LogP contribution in [-0.4, -0.2) is 34.6 Å². The molecular weight excluding hydrogens is 392 g/mol. The fourth-order valence-corrected chi connectivity index (χ4v) is 3.32. The smallest absolute Gasteiger partial charge is 0.311 e. The second-order valence-electron chi connectivity index (χ2n) is 7.32. The zero-order valence-corrected chi connectivity index (χ0v) is 17.6. The van der Waals surface area contributed by atoms with Crippen molar-refractivity contribution < 1.29 is 14.3 Å². The van der Waals surface area contributed by atoms with Gasteiger partial charge in [-0.1, -0.05) is 24.8 Å². The molecule has 0 aliphatic rings. The third-order valence-corrected chi connectivity index (χ3v) is 5.10. The second kappa shape index (κ2) is 9.75.